The number of methoxy groups -OCH3 is 1. The minimum Gasteiger partial charge on any atom is -0.497 e. The number of hydrogen-bond acceptors (Lipinski definition) is 5. The van der Waals surface area contributed by atoms with E-state index in [1.807, 2.05) is 48.2 Å². The standard InChI is InChI=1S/C16H16O3S.CH4O/c1-18-13-5-2-4-11(9-13)8-12-10-14(19-16(12)17)15-6-3-7-20-15;1-2/h2,4-5,8-10,15H,3,6-7H2,1H3;2H,1H3/b12-8-;. The van der Waals surface area contributed by atoms with E-state index in [0.29, 0.717) is 10.8 Å². The third-order valence-corrected chi connectivity index (χ3v) is 4.80. The Hall–Kier alpha value is -1.72. The number of ether oxygens (including phenoxy) is 2. The fourth-order valence-corrected chi connectivity index (χ4v) is 3.61. The van der Waals surface area contributed by atoms with Crippen molar-refractivity contribution in [3.05, 3.63) is 47.2 Å². The number of benzene rings is 1. The average molecular weight is 320 g/mol. The molecule has 0 radical (unpaired) electrons. The minimum atomic E-state index is -0.254. The highest BCUT2D eigenvalue weighted by Gasteiger charge is 2.29. The molecule has 0 aliphatic carbocycles. The van der Waals surface area contributed by atoms with Crippen LogP contribution in [0.25, 0.3) is 6.08 Å². The van der Waals surface area contributed by atoms with Gasteiger partial charge in [0, 0.05) is 7.11 Å². The summed E-state index contributed by atoms with van der Waals surface area (Å²) in [7, 11) is 2.63. The Bertz CT molecular complexity index is 586. The normalized spacial score (nSPS) is 22.0. The van der Waals surface area contributed by atoms with Gasteiger partial charge in [-0.25, -0.2) is 4.79 Å². The zero-order valence-electron chi connectivity index (χ0n) is 12.7. The predicted octanol–water partition coefficient (Wildman–Crippen LogP) is 3.02. The molecular formula is C17H20O4S. The van der Waals surface area contributed by atoms with Crippen LogP contribution in [0, 0.1) is 0 Å². The fourth-order valence-electron chi connectivity index (χ4n) is 2.38. The molecule has 2 heterocycles. The summed E-state index contributed by atoms with van der Waals surface area (Å²) >= 11 is 1.86. The van der Waals surface area contributed by atoms with Gasteiger partial charge in [-0.2, -0.15) is 11.8 Å². The Morgan fingerprint density at radius 1 is 1.41 bits per heavy atom. The van der Waals surface area contributed by atoms with Crippen LogP contribution in [-0.2, 0) is 9.53 Å². The van der Waals surface area contributed by atoms with Crippen molar-refractivity contribution in [1.82, 2.24) is 0 Å². The second kappa shape index (κ2) is 8.06. The SMILES string of the molecule is CO.COc1cccc(/C=C2/C=C(C3CCCS3)OC2=O)c1. The van der Waals surface area contributed by atoms with Crippen LogP contribution in [0.3, 0.4) is 0 Å². The maximum absolute atomic E-state index is 11.9. The Kier molecular flexibility index (Phi) is 6.10. The van der Waals surface area contributed by atoms with E-state index in [-0.39, 0.29) is 5.97 Å². The summed E-state index contributed by atoms with van der Waals surface area (Å²) in [5, 5.41) is 7.34. The number of cyclic esters (lactones) is 1. The van der Waals surface area contributed by atoms with Gasteiger partial charge in [-0.3, -0.25) is 0 Å². The largest absolute Gasteiger partial charge is 0.497 e. The van der Waals surface area contributed by atoms with Gasteiger partial charge in [-0.05, 0) is 48.4 Å². The van der Waals surface area contributed by atoms with Crippen LogP contribution >= 0.6 is 11.8 Å². The van der Waals surface area contributed by atoms with E-state index in [9.17, 15) is 4.79 Å². The molecule has 1 fully saturated rings. The van der Waals surface area contributed by atoms with E-state index in [4.69, 9.17) is 14.6 Å². The van der Waals surface area contributed by atoms with Gasteiger partial charge in [-0.15, -0.1) is 0 Å². The van der Waals surface area contributed by atoms with Gasteiger partial charge in [0.2, 0.25) is 0 Å². The van der Waals surface area contributed by atoms with Crippen LogP contribution in [-0.4, -0.2) is 36.3 Å². The number of rotatable bonds is 3. The van der Waals surface area contributed by atoms with Crippen molar-refractivity contribution in [2.75, 3.05) is 20.0 Å². The van der Waals surface area contributed by atoms with E-state index >= 15 is 0 Å². The molecule has 1 N–H and O–H groups in total. The van der Waals surface area contributed by atoms with E-state index in [0.717, 1.165) is 36.4 Å². The van der Waals surface area contributed by atoms with Crippen molar-refractivity contribution < 1.29 is 19.4 Å². The second-order valence-corrected chi connectivity index (χ2v) is 6.12. The van der Waals surface area contributed by atoms with Crippen LogP contribution in [0.4, 0.5) is 0 Å². The molecule has 0 spiro atoms. The first kappa shape index (κ1) is 16.6. The van der Waals surface area contributed by atoms with Gasteiger partial charge >= 0.3 is 5.97 Å². The quantitative estimate of drug-likeness (QED) is 0.685. The van der Waals surface area contributed by atoms with Crippen molar-refractivity contribution >= 4 is 23.8 Å². The molecule has 2 aliphatic heterocycles. The number of aliphatic hydroxyl groups excluding tert-OH is 1. The molecule has 0 amide bonds. The number of carbonyl (C=O) groups is 1. The fraction of sp³-hybridized carbons (Fsp3) is 0.353. The van der Waals surface area contributed by atoms with E-state index < -0.39 is 0 Å². The highest BCUT2D eigenvalue weighted by Crippen LogP contribution is 2.36. The molecule has 4 nitrogen and oxygen atoms in total. The van der Waals surface area contributed by atoms with E-state index in [2.05, 4.69) is 0 Å². The van der Waals surface area contributed by atoms with Gasteiger partial charge < -0.3 is 14.6 Å². The first-order valence-corrected chi connectivity index (χ1v) is 8.17. The minimum absolute atomic E-state index is 0.254. The zero-order valence-corrected chi connectivity index (χ0v) is 13.6. The first-order valence-electron chi connectivity index (χ1n) is 7.12. The highest BCUT2D eigenvalue weighted by atomic mass is 32.2. The Morgan fingerprint density at radius 3 is 2.91 bits per heavy atom. The van der Waals surface area contributed by atoms with Gasteiger partial charge in [0.1, 0.15) is 11.5 Å². The van der Waals surface area contributed by atoms with Crippen molar-refractivity contribution in [1.29, 1.82) is 0 Å². The van der Waals surface area contributed by atoms with E-state index in [1.54, 1.807) is 7.11 Å². The number of hydrogen-bond donors (Lipinski definition) is 1. The first-order chi connectivity index (χ1) is 10.8. The third kappa shape index (κ3) is 3.93. The van der Waals surface area contributed by atoms with E-state index in [1.165, 1.54) is 6.42 Å². The number of esters is 1. The van der Waals surface area contributed by atoms with Crippen molar-refractivity contribution in [2.24, 2.45) is 0 Å². The maximum atomic E-state index is 11.9. The molecule has 118 valence electrons. The molecule has 1 saturated heterocycles. The summed E-state index contributed by atoms with van der Waals surface area (Å²) in [5.41, 5.74) is 1.55. The van der Waals surface area contributed by atoms with Crippen molar-refractivity contribution in [3.8, 4) is 5.75 Å². The number of carbonyl (C=O) groups excluding carboxylic acids is 1. The van der Waals surface area contributed by atoms with Crippen LogP contribution < -0.4 is 4.74 Å². The summed E-state index contributed by atoms with van der Waals surface area (Å²) in [4.78, 5) is 11.9. The zero-order chi connectivity index (χ0) is 15.9. The average Bonchev–Trinajstić information content (AvgIpc) is 3.20. The number of aliphatic hydroxyl groups is 1. The lowest BCUT2D eigenvalue weighted by Crippen LogP contribution is -2.05. The van der Waals surface area contributed by atoms with Gasteiger partial charge in [-0.1, -0.05) is 12.1 Å². The van der Waals surface area contributed by atoms with Crippen LogP contribution in [0.1, 0.15) is 18.4 Å². The van der Waals surface area contributed by atoms with Gasteiger partial charge in [0.25, 0.3) is 0 Å². The predicted molar refractivity (Wildman–Crippen MR) is 88.8 cm³/mol. The second-order valence-electron chi connectivity index (χ2n) is 4.81. The molecule has 1 aromatic rings. The topological polar surface area (TPSA) is 55.8 Å². The molecular weight excluding hydrogens is 300 g/mol. The lowest BCUT2D eigenvalue weighted by Gasteiger charge is -2.07. The molecule has 2 aliphatic rings. The lowest BCUT2D eigenvalue weighted by molar-refractivity contribution is -0.133. The smallest absolute Gasteiger partial charge is 0.343 e. The van der Waals surface area contributed by atoms with Crippen LogP contribution in [0.5, 0.6) is 5.75 Å². The molecule has 3 rings (SSSR count). The molecule has 1 aromatic carbocycles. The molecule has 0 aromatic heterocycles. The summed E-state index contributed by atoms with van der Waals surface area (Å²) in [6.07, 6.45) is 6.01. The molecule has 0 bridgehead atoms. The molecule has 0 saturated carbocycles. The van der Waals surface area contributed by atoms with Crippen molar-refractivity contribution in [2.45, 2.75) is 18.1 Å². The Morgan fingerprint density at radius 2 is 2.23 bits per heavy atom. The lowest BCUT2D eigenvalue weighted by atomic mass is 10.1. The summed E-state index contributed by atoms with van der Waals surface area (Å²) in [6.45, 7) is 0. The maximum Gasteiger partial charge on any atom is 0.343 e. The molecule has 5 heteroatoms. The Labute approximate surface area is 134 Å². The monoisotopic (exact) mass is 320 g/mol. The van der Waals surface area contributed by atoms with Gasteiger partial charge in [0.15, 0.2) is 0 Å². The summed E-state index contributed by atoms with van der Waals surface area (Å²) in [6, 6.07) is 7.63. The molecule has 1 unspecified atom stereocenters. The number of thioether (sulfide) groups is 1. The summed E-state index contributed by atoms with van der Waals surface area (Å²) < 4.78 is 10.6. The van der Waals surface area contributed by atoms with Crippen molar-refractivity contribution in [3.63, 3.8) is 0 Å². The molecule has 22 heavy (non-hydrogen) atoms. The van der Waals surface area contributed by atoms with Crippen LogP contribution in [0.2, 0.25) is 0 Å². The molecule has 1 atom stereocenters. The highest BCUT2D eigenvalue weighted by molar-refractivity contribution is 8.00. The third-order valence-electron chi connectivity index (χ3n) is 3.41. The Balaban J connectivity index is 0.000000847. The van der Waals surface area contributed by atoms with Crippen LogP contribution in [0.15, 0.2) is 41.7 Å². The van der Waals surface area contributed by atoms with Gasteiger partial charge in [0.05, 0.1) is 17.9 Å². The summed E-state index contributed by atoms with van der Waals surface area (Å²) in [5.74, 6) is 2.48.